The molecule has 2 heterocycles. The van der Waals surface area contributed by atoms with Crippen molar-refractivity contribution in [2.75, 3.05) is 19.7 Å². The summed E-state index contributed by atoms with van der Waals surface area (Å²) >= 11 is 0. The number of ether oxygens (including phenoxy) is 1. The summed E-state index contributed by atoms with van der Waals surface area (Å²) < 4.78 is 5.49. The molecule has 0 bridgehead atoms. The smallest absolute Gasteiger partial charge is 0.276 e. The van der Waals surface area contributed by atoms with Crippen LogP contribution in [-0.4, -0.2) is 51.6 Å². The molecule has 1 atom stereocenters. The van der Waals surface area contributed by atoms with Gasteiger partial charge in [0.2, 0.25) is 0 Å². The number of aryl methyl sites for hydroxylation is 3. The molecule has 0 aliphatic carbocycles. The molecule has 0 saturated carbocycles. The second-order valence-corrected chi connectivity index (χ2v) is 6.15. The molecule has 1 aromatic carbocycles. The standard InChI is InChI=1S/C17H22N4O2/c1-11-5-6-15(12(2)9-11)21-18-14(4)16(19-21)17(22)20-7-8-23-13(3)10-20/h5-6,9,13H,7-8,10H2,1-4H3/t13-/m0/s1. The van der Waals surface area contributed by atoms with E-state index >= 15 is 0 Å². The van der Waals surface area contributed by atoms with Gasteiger partial charge < -0.3 is 9.64 Å². The Morgan fingerprint density at radius 3 is 2.74 bits per heavy atom. The molecule has 1 fully saturated rings. The van der Waals surface area contributed by atoms with Crippen molar-refractivity contribution in [3.63, 3.8) is 0 Å². The summed E-state index contributed by atoms with van der Waals surface area (Å²) in [5.41, 5.74) is 4.23. The fourth-order valence-electron chi connectivity index (χ4n) is 2.87. The summed E-state index contributed by atoms with van der Waals surface area (Å²) in [6.07, 6.45) is 0.0578. The highest BCUT2D eigenvalue weighted by molar-refractivity contribution is 5.93. The molecule has 0 N–H and O–H groups in total. The first-order chi connectivity index (χ1) is 11.0. The molecule has 1 aliphatic heterocycles. The lowest BCUT2D eigenvalue weighted by Gasteiger charge is -2.30. The SMILES string of the molecule is Cc1ccc(-n2nc(C)c(C(=O)N3CCO[C@@H](C)C3)n2)c(C)c1. The predicted octanol–water partition coefficient (Wildman–Crippen LogP) is 2.05. The van der Waals surface area contributed by atoms with Crippen LogP contribution in [0.3, 0.4) is 0 Å². The number of morpholine rings is 1. The third-order valence-corrected chi connectivity index (χ3v) is 4.08. The average Bonchev–Trinajstić information content (AvgIpc) is 2.88. The Morgan fingerprint density at radius 1 is 1.26 bits per heavy atom. The van der Waals surface area contributed by atoms with Gasteiger partial charge in [0.15, 0.2) is 5.69 Å². The molecule has 3 rings (SSSR count). The number of carbonyl (C=O) groups excluding carboxylic acids is 1. The van der Waals surface area contributed by atoms with Crippen LogP contribution < -0.4 is 0 Å². The number of carbonyl (C=O) groups is 1. The predicted molar refractivity (Wildman–Crippen MR) is 86.9 cm³/mol. The zero-order chi connectivity index (χ0) is 16.6. The van der Waals surface area contributed by atoms with Gasteiger partial charge in [-0.3, -0.25) is 4.79 Å². The maximum absolute atomic E-state index is 12.7. The highest BCUT2D eigenvalue weighted by Crippen LogP contribution is 2.17. The Bertz CT molecular complexity index is 738. The Balaban J connectivity index is 1.90. The first-order valence-electron chi connectivity index (χ1n) is 7.88. The van der Waals surface area contributed by atoms with Gasteiger partial charge in [-0.25, -0.2) is 0 Å². The molecule has 23 heavy (non-hydrogen) atoms. The topological polar surface area (TPSA) is 60.2 Å². The van der Waals surface area contributed by atoms with E-state index in [1.165, 1.54) is 5.56 Å². The van der Waals surface area contributed by atoms with Crippen LogP contribution in [-0.2, 0) is 4.74 Å². The molecule has 1 amide bonds. The Morgan fingerprint density at radius 2 is 2.04 bits per heavy atom. The molecule has 0 unspecified atom stereocenters. The van der Waals surface area contributed by atoms with Crippen LogP contribution in [0.5, 0.6) is 0 Å². The lowest BCUT2D eigenvalue weighted by molar-refractivity contribution is -0.0126. The van der Waals surface area contributed by atoms with E-state index in [-0.39, 0.29) is 12.0 Å². The van der Waals surface area contributed by atoms with Crippen molar-refractivity contribution in [3.05, 3.63) is 40.7 Å². The second kappa shape index (κ2) is 6.12. The molecular weight excluding hydrogens is 292 g/mol. The minimum absolute atomic E-state index is 0.0578. The zero-order valence-electron chi connectivity index (χ0n) is 14.0. The van der Waals surface area contributed by atoms with E-state index in [1.54, 1.807) is 9.70 Å². The molecule has 0 radical (unpaired) electrons. The molecule has 2 aromatic rings. The van der Waals surface area contributed by atoms with Crippen molar-refractivity contribution < 1.29 is 9.53 Å². The van der Waals surface area contributed by atoms with E-state index in [1.807, 2.05) is 39.8 Å². The zero-order valence-corrected chi connectivity index (χ0v) is 14.0. The van der Waals surface area contributed by atoms with Gasteiger partial charge in [-0.2, -0.15) is 9.90 Å². The van der Waals surface area contributed by atoms with Gasteiger partial charge in [-0.05, 0) is 39.3 Å². The van der Waals surface area contributed by atoms with Crippen molar-refractivity contribution in [2.45, 2.75) is 33.8 Å². The number of amides is 1. The van der Waals surface area contributed by atoms with Gasteiger partial charge in [0.05, 0.1) is 24.1 Å². The van der Waals surface area contributed by atoms with Crippen LogP contribution in [0, 0.1) is 20.8 Å². The van der Waals surface area contributed by atoms with Crippen molar-refractivity contribution in [3.8, 4) is 5.69 Å². The third kappa shape index (κ3) is 3.12. The molecule has 1 aromatic heterocycles. The van der Waals surface area contributed by atoms with Gasteiger partial charge in [-0.1, -0.05) is 17.7 Å². The number of hydrogen-bond donors (Lipinski definition) is 0. The Kier molecular flexibility index (Phi) is 4.17. The first kappa shape index (κ1) is 15.7. The minimum Gasteiger partial charge on any atom is -0.375 e. The normalized spacial score (nSPS) is 18.3. The Hall–Kier alpha value is -2.21. The monoisotopic (exact) mass is 314 g/mol. The minimum atomic E-state index is -0.0753. The second-order valence-electron chi connectivity index (χ2n) is 6.15. The number of rotatable bonds is 2. The highest BCUT2D eigenvalue weighted by Gasteiger charge is 2.26. The van der Waals surface area contributed by atoms with E-state index < -0.39 is 0 Å². The molecule has 1 saturated heterocycles. The van der Waals surface area contributed by atoms with Crippen LogP contribution in [0.25, 0.3) is 5.69 Å². The molecule has 6 nitrogen and oxygen atoms in total. The number of hydrogen-bond acceptors (Lipinski definition) is 4. The Labute approximate surface area is 136 Å². The lowest BCUT2D eigenvalue weighted by Crippen LogP contribution is -2.44. The summed E-state index contributed by atoms with van der Waals surface area (Å²) in [4.78, 5) is 16.1. The van der Waals surface area contributed by atoms with Gasteiger partial charge >= 0.3 is 0 Å². The van der Waals surface area contributed by atoms with Crippen molar-refractivity contribution in [1.82, 2.24) is 19.9 Å². The maximum Gasteiger partial charge on any atom is 0.276 e. The van der Waals surface area contributed by atoms with Crippen LogP contribution in [0.4, 0.5) is 0 Å². The van der Waals surface area contributed by atoms with Crippen LogP contribution in [0.15, 0.2) is 18.2 Å². The number of aromatic nitrogens is 3. The van der Waals surface area contributed by atoms with E-state index in [0.717, 1.165) is 11.3 Å². The molecule has 0 spiro atoms. The summed E-state index contributed by atoms with van der Waals surface area (Å²) in [6, 6.07) is 6.08. The molecule has 122 valence electrons. The summed E-state index contributed by atoms with van der Waals surface area (Å²) in [6.45, 7) is 9.62. The van der Waals surface area contributed by atoms with Crippen LogP contribution in [0.1, 0.15) is 34.2 Å². The average molecular weight is 314 g/mol. The van der Waals surface area contributed by atoms with Crippen molar-refractivity contribution in [2.24, 2.45) is 0 Å². The third-order valence-electron chi connectivity index (χ3n) is 4.08. The molecule has 1 aliphatic rings. The first-order valence-corrected chi connectivity index (χ1v) is 7.88. The maximum atomic E-state index is 12.7. The fourth-order valence-corrected chi connectivity index (χ4v) is 2.87. The lowest BCUT2D eigenvalue weighted by atomic mass is 10.1. The summed E-state index contributed by atoms with van der Waals surface area (Å²) in [5, 5.41) is 8.88. The van der Waals surface area contributed by atoms with Crippen LogP contribution >= 0.6 is 0 Å². The van der Waals surface area contributed by atoms with Gasteiger partial charge in [0.1, 0.15) is 0 Å². The largest absolute Gasteiger partial charge is 0.375 e. The molecular formula is C17H22N4O2. The van der Waals surface area contributed by atoms with Crippen molar-refractivity contribution in [1.29, 1.82) is 0 Å². The highest BCUT2D eigenvalue weighted by atomic mass is 16.5. The van der Waals surface area contributed by atoms with E-state index in [4.69, 9.17) is 4.74 Å². The summed E-state index contributed by atoms with van der Waals surface area (Å²) in [7, 11) is 0. The quantitative estimate of drug-likeness (QED) is 0.851. The van der Waals surface area contributed by atoms with Crippen LogP contribution in [0.2, 0.25) is 0 Å². The van der Waals surface area contributed by atoms with E-state index in [9.17, 15) is 4.79 Å². The van der Waals surface area contributed by atoms with E-state index in [2.05, 4.69) is 16.3 Å². The fraction of sp³-hybridized carbons (Fsp3) is 0.471. The number of benzene rings is 1. The van der Waals surface area contributed by atoms with Gasteiger partial charge in [-0.15, -0.1) is 5.10 Å². The van der Waals surface area contributed by atoms with E-state index in [0.29, 0.717) is 31.1 Å². The summed E-state index contributed by atoms with van der Waals surface area (Å²) in [5.74, 6) is -0.0753. The number of nitrogens with zero attached hydrogens (tertiary/aromatic N) is 4. The van der Waals surface area contributed by atoms with Gasteiger partial charge in [0.25, 0.3) is 5.91 Å². The molecule has 6 heteroatoms. The van der Waals surface area contributed by atoms with Gasteiger partial charge in [0, 0.05) is 13.1 Å². The van der Waals surface area contributed by atoms with Crippen molar-refractivity contribution >= 4 is 5.91 Å².